The van der Waals surface area contributed by atoms with Crippen LogP contribution in [-0.2, 0) is 14.3 Å². The molecule has 30 heavy (non-hydrogen) atoms. The van der Waals surface area contributed by atoms with Gasteiger partial charge in [0.2, 0.25) is 0 Å². The molecule has 1 saturated carbocycles. The second-order valence-electron chi connectivity index (χ2n) is 7.19. The van der Waals surface area contributed by atoms with Gasteiger partial charge in [0.1, 0.15) is 11.3 Å². The normalized spacial score (nSPS) is 15.9. The highest BCUT2D eigenvalue weighted by Gasteiger charge is 2.35. The van der Waals surface area contributed by atoms with Crippen molar-refractivity contribution < 1.29 is 28.6 Å². The lowest BCUT2D eigenvalue weighted by molar-refractivity contribution is -0.129. The Morgan fingerprint density at radius 1 is 1.03 bits per heavy atom. The van der Waals surface area contributed by atoms with Gasteiger partial charge in [0.25, 0.3) is 5.91 Å². The number of benzene rings is 1. The number of hydrogen-bond acceptors (Lipinski definition) is 7. The second kappa shape index (κ2) is 10.6. The number of esters is 2. The summed E-state index contributed by atoms with van der Waals surface area (Å²) in [5.41, 5.74) is -0.646. The Bertz CT molecular complexity index is 787. The SMILES string of the molecule is CCOC(=O)c1cc(O[C@H](C)C(=O)NC2(C#N)CCCCC2)cc(C(=O)OCC)c1. The first-order chi connectivity index (χ1) is 14.3. The van der Waals surface area contributed by atoms with Crippen molar-refractivity contribution in [3.05, 3.63) is 29.3 Å². The summed E-state index contributed by atoms with van der Waals surface area (Å²) in [5, 5.41) is 12.4. The molecular formula is C22H28N2O6. The molecule has 1 N–H and O–H groups in total. The van der Waals surface area contributed by atoms with E-state index in [0.717, 1.165) is 19.3 Å². The van der Waals surface area contributed by atoms with Crippen LogP contribution in [0.5, 0.6) is 5.75 Å². The van der Waals surface area contributed by atoms with Gasteiger partial charge >= 0.3 is 11.9 Å². The van der Waals surface area contributed by atoms with Crippen LogP contribution >= 0.6 is 0 Å². The van der Waals surface area contributed by atoms with Gasteiger partial charge in [-0.1, -0.05) is 19.3 Å². The number of amides is 1. The van der Waals surface area contributed by atoms with Crippen molar-refractivity contribution in [3.8, 4) is 11.8 Å². The third kappa shape index (κ3) is 5.96. The van der Waals surface area contributed by atoms with Crippen LogP contribution in [0.15, 0.2) is 18.2 Å². The van der Waals surface area contributed by atoms with E-state index in [0.29, 0.717) is 12.8 Å². The Balaban J connectivity index is 2.20. The highest BCUT2D eigenvalue weighted by atomic mass is 16.5. The Kier molecular flexibility index (Phi) is 8.22. The quantitative estimate of drug-likeness (QED) is 0.647. The first-order valence-electron chi connectivity index (χ1n) is 10.2. The smallest absolute Gasteiger partial charge is 0.338 e. The van der Waals surface area contributed by atoms with Gasteiger partial charge in [-0.15, -0.1) is 0 Å². The average Bonchev–Trinajstić information content (AvgIpc) is 2.74. The Morgan fingerprint density at radius 3 is 2.03 bits per heavy atom. The van der Waals surface area contributed by atoms with Crippen molar-refractivity contribution >= 4 is 17.8 Å². The van der Waals surface area contributed by atoms with Gasteiger partial charge in [0.05, 0.1) is 30.4 Å². The molecular weight excluding hydrogens is 388 g/mol. The molecule has 0 aromatic heterocycles. The molecule has 0 heterocycles. The fraction of sp³-hybridized carbons (Fsp3) is 0.545. The molecule has 1 aliphatic carbocycles. The minimum Gasteiger partial charge on any atom is -0.481 e. The molecule has 162 valence electrons. The largest absolute Gasteiger partial charge is 0.481 e. The molecule has 8 heteroatoms. The lowest BCUT2D eigenvalue weighted by atomic mass is 9.83. The average molecular weight is 416 g/mol. The monoisotopic (exact) mass is 416 g/mol. The summed E-state index contributed by atoms with van der Waals surface area (Å²) in [6, 6.07) is 6.41. The van der Waals surface area contributed by atoms with Crippen LogP contribution in [0.4, 0.5) is 0 Å². The number of nitrogens with one attached hydrogen (secondary N) is 1. The molecule has 0 saturated heterocycles. The minimum absolute atomic E-state index is 0.116. The molecule has 1 amide bonds. The van der Waals surface area contributed by atoms with Gasteiger partial charge < -0.3 is 19.5 Å². The standard InChI is InChI=1S/C22H28N2O6/c1-4-28-20(26)16-11-17(21(27)29-5-2)13-18(12-16)30-15(3)19(25)24-22(14-23)9-7-6-8-10-22/h11-13,15H,4-10H2,1-3H3,(H,24,25)/t15-/m1/s1. The Morgan fingerprint density at radius 2 is 1.57 bits per heavy atom. The minimum atomic E-state index is -0.940. The van der Waals surface area contributed by atoms with Crippen molar-refractivity contribution in [1.29, 1.82) is 5.26 Å². The second-order valence-corrected chi connectivity index (χ2v) is 7.19. The summed E-state index contributed by atoms with van der Waals surface area (Å²) in [4.78, 5) is 36.9. The van der Waals surface area contributed by atoms with Crippen molar-refractivity contribution in [2.75, 3.05) is 13.2 Å². The molecule has 8 nitrogen and oxygen atoms in total. The number of nitriles is 1. The van der Waals surface area contributed by atoms with E-state index in [4.69, 9.17) is 14.2 Å². The zero-order chi connectivity index (χ0) is 22.1. The van der Waals surface area contributed by atoms with Gasteiger partial charge in [0, 0.05) is 0 Å². The Labute approximate surface area is 176 Å². The first-order valence-corrected chi connectivity index (χ1v) is 10.2. The topological polar surface area (TPSA) is 115 Å². The van der Waals surface area contributed by atoms with Gasteiger partial charge in [-0.2, -0.15) is 5.26 Å². The van der Waals surface area contributed by atoms with E-state index in [-0.39, 0.29) is 30.1 Å². The van der Waals surface area contributed by atoms with Gasteiger partial charge in [-0.05, 0) is 51.8 Å². The fourth-order valence-corrected chi connectivity index (χ4v) is 3.35. The van der Waals surface area contributed by atoms with Crippen molar-refractivity contribution in [1.82, 2.24) is 5.32 Å². The Hall–Kier alpha value is -3.08. The van der Waals surface area contributed by atoms with E-state index < -0.39 is 29.5 Å². The maximum absolute atomic E-state index is 12.7. The molecule has 0 aliphatic heterocycles. The molecule has 2 rings (SSSR count). The predicted molar refractivity (Wildman–Crippen MR) is 108 cm³/mol. The molecule has 1 fully saturated rings. The molecule has 0 spiro atoms. The molecule has 1 aromatic rings. The third-order valence-corrected chi connectivity index (χ3v) is 4.89. The zero-order valence-electron chi connectivity index (χ0n) is 17.7. The van der Waals surface area contributed by atoms with Crippen LogP contribution in [-0.4, -0.2) is 42.7 Å². The first kappa shape index (κ1) is 23.2. The number of carbonyl (C=O) groups is 3. The van der Waals surface area contributed by atoms with E-state index in [1.54, 1.807) is 20.8 Å². The van der Waals surface area contributed by atoms with Crippen LogP contribution in [0.25, 0.3) is 0 Å². The van der Waals surface area contributed by atoms with Crippen LogP contribution < -0.4 is 10.1 Å². The molecule has 1 aromatic carbocycles. The molecule has 1 atom stereocenters. The molecule has 1 aliphatic rings. The van der Waals surface area contributed by atoms with Gasteiger partial charge in [0.15, 0.2) is 6.10 Å². The van der Waals surface area contributed by atoms with E-state index >= 15 is 0 Å². The number of nitrogens with zero attached hydrogens (tertiary/aromatic N) is 1. The molecule has 0 unspecified atom stereocenters. The number of rotatable bonds is 8. The van der Waals surface area contributed by atoms with Gasteiger partial charge in [-0.3, -0.25) is 4.79 Å². The summed E-state index contributed by atoms with van der Waals surface area (Å²) in [5.74, 6) is -1.51. The predicted octanol–water partition coefficient (Wildman–Crippen LogP) is 3.15. The van der Waals surface area contributed by atoms with Crippen LogP contribution in [0.3, 0.4) is 0 Å². The van der Waals surface area contributed by atoms with E-state index in [1.807, 2.05) is 0 Å². The van der Waals surface area contributed by atoms with Crippen molar-refractivity contribution in [2.45, 2.75) is 64.5 Å². The summed E-state index contributed by atoms with van der Waals surface area (Å²) >= 11 is 0. The number of ether oxygens (including phenoxy) is 3. The zero-order valence-corrected chi connectivity index (χ0v) is 17.7. The summed E-state index contributed by atoms with van der Waals surface area (Å²) in [6.07, 6.45) is 3.08. The molecule has 0 radical (unpaired) electrons. The van der Waals surface area contributed by atoms with E-state index in [2.05, 4.69) is 11.4 Å². The lowest BCUT2D eigenvalue weighted by Crippen LogP contribution is -2.52. The number of carbonyl (C=O) groups excluding carboxylic acids is 3. The molecule has 0 bridgehead atoms. The van der Waals surface area contributed by atoms with Crippen LogP contribution in [0.1, 0.15) is 73.6 Å². The van der Waals surface area contributed by atoms with Crippen LogP contribution in [0.2, 0.25) is 0 Å². The summed E-state index contributed by atoms with van der Waals surface area (Å²) in [7, 11) is 0. The van der Waals surface area contributed by atoms with Crippen molar-refractivity contribution in [3.63, 3.8) is 0 Å². The maximum atomic E-state index is 12.7. The summed E-state index contributed by atoms with van der Waals surface area (Å²) < 4.78 is 15.7. The summed E-state index contributed by atoms with van der Waals surface area (Å²) in [6.45, 7) is 5.24. The van der Waals surface area contributed by atoms with Gasteiger partial charge in [-0.25, -0.2) is 9.59 Å². The highest BCUT2D eigenvalue weighted by Crippen LogP contribution is 2.28. The van der Waals surface area contributed by atoms with Crippen LogP contribution in [0, 0.1) is 11.3 Å². The number of hydrogen-bond donors (Lipinski definition) is 1. The fourth-order valence-electron chi connectivity index (χ4n) is 3.35. The van der Waals surface area contributed by atoms with Crippen molar-refractivity contribution in [2.24, 2.45) is 0 Å². The third-order valence-electron chi connectivity index (χ3n) is 4.89. The maximum Gasteiger partial charge on any atom is 0.338 e. The van der Waals surface area contributed by atoms with E-state index in [9.17, 15) is 19.6 Å². The lowest BCUT2D eigenvalue weighted by Gasteiger charge is -2.32. The highest BCUT2D eigenvalue weighted by molar-refractivity contribution is 5.96. The van der Waals surface area contributed by atoms with E-state index in [1.165, 1.54) is 18.2 Å².